The lowest BCUT2D eigenvalue weighted by Crippen LogP contribution is -2.02. The van der Waals surface area contributed by atoms with E-state index in [0.717, 1.165) is 25.7 Å². The molecule has 2 aromatic rings. The standard InChI is InChI=1S/C20H22ClF3O/c1-3-5-7-13-8-9-14(18(22)17(13)21)15-10-11-16(20(24)19(15)23)25-12-6-4-2/h8-11H,3-7,12H2,1-2H3. The lowest BCUT2D eigenvalue weighted by molar-refractivity contribution is 0.289. The van der Waals surface area contributed by atoms with Crippen LogP contribution in [-0.4, -0.2) is 6.61 Å². The Morgan fingerprint density at radius 1 is 0.840 bits per heavy atom. The first-order chi connectivity index (χ1) is 12.0. The van der Waals surface area contributed by atoms with Crippen molar-refractivity contribution in [3.05, 3.63) is 52.3 Å². The van der Waals surface area contributed by atoms with E-state index in [1.165, 1.54) is 18.2 Å². The van der Waals surface area contributed by atoms with Crippen LogP contribution in [-0.2, 0) is 6.42 Å². The van der Waals surface area contributed by atoms with E-state index in [-0.39, 0.29) is 21.9 Å². The van der Waals surface area contributed by atoms with E-state index in [0.29, 0.717) is 18.6 Å². The van der Waals surface area contributed by atoms with Crippen molar-refractivity contribution in [3.63, 3.8) is 0 Å². The third kappa shape index (κ3) is 4.49. The Labute approximate surface area is 151 Å². The predicted octanol–water partition coefficient (Wildman–Crippen LogP) is 6.95. The quantitative estimate of drug-likeness (QED) is 0.457. The molecule has 2 aromatic carbocycles. The van der Waals surface area contributed by atoms with E-state index in [1.54, 1.807) is 6.07 Å². The maximum absolute atomic E-state index is 14.6. The second-order valence-electron chi connectivity index (χ2n) is 5.95. The molecule has 0 aromatic heterocycles. The van der Waals surface area contributed by atoms with Gasteiger partial charge in [0.25, 0.3) is 0 Å². The topological polar surface area (TPSA) is 9.23 Å². The molecule has 0 aliphatic heterocycles. The summed E-state index contributed by atoms with van der Waals surface area (Å²) < 4.78 is 48.4. The minimum Gasteiger partial charge on any atom is -0.490 e. The first-order valence-electron chi connectivity index (χ1n) is 8.59. The van der Waals surface area contributed by atoms with Gasteiger partial charge < -0.3 is 4.74 Å². The fraction of sp³-hybridized carbons (Fsp3) is 0.400. The summed E-state index contributed by atoms with van der Waals surface area (Å²) in [5.74, 6) is -3.14. The molecule has 0 saturated carbocycles. The molecule has 2 rings (SSSR count). The molecule has 0 atom stereocenters. The molecule has 136 valence electrons. The third-order valence-corrected chi connectivity index (χ3v) is 4.46. The Balaban J connectivity index is 2.35. The van der Waals surface area contributed by atoms with Crippen LogP contribution in [0.15, 0.2) is 24.3 Å². The van der Waals surface area contributed by atoms with Gasteiger partial charge in [-0.25, -0.2) is 8.78 Å². The lowest BCUT2D eigenvalue weighted by atomic mass is 10.00. The lowest BCUT2D eigenvalue weighted by Gasteiger charge is -2.13. The van der Waals surface area contributed by atoms with Crippen molar-refractivity contribution in [2.24, 2.45) is 0 Å². The minimum absolute atomic E-state index is 0.0333. The number of halogens is 4. The summed E-state index contributed by atoms with van der Waals surface area (Å²) in [5.41, 5.74) is 0.453. The van der Waals surface area contributed by atoms with Crippen LogP contribution in [0.3, 0.4) is 0 Å². The van der Waals surface area contributed by atoms with E-state index in [2.05, 4.69) is 0 Å². The van der Waals surface area contributed by atoms with Crippen molar-refractivity contribution in [3.8, 4) is 16.9 Å². The third-order valence-electron chi connectivity index (χ3n) is 4.05. The van der Waals surface area contributed by atoms with Gasteiger partial charge in [0.05, 0.1) is 11.6 Å². The number of rotatable bonds is 8. The van der Waals surface area contributed by atoms with Gasteiger partial charge in [0.15, 0.2) is 11.6 Å². The normalized spacial score (nSPS) is 11.0. The van der Waals surface area contributed by atoms with Crippen LogP contribution in [0.1, 0.15) is 45.1 Å². The highest BCUT2D eigenvalue weighted by molar-refractivity contribution is 6.31. The molecule has 0 saturated heterocycles. The van der Waals surface area contributed by atoms with E-state index in [4.69, 9.17) is 16.3 Å². The molecule has 5 heteroatoms. The Hall–Kier alpha value is -1.68. The Morgan fingerprint density at radius 3 is 2.16 bits per heavy atom. The van der Waals surface area contributed by atoms with E-state index in [1.807, 2.05) is 13.8 Å². The first-order valence-corrected chi connectivity index (χ1v) is 8.97. The van der Waals surface area contributed by atoms with E-state index < -0.39 is 17.5 Å². The molecule has 0 heterocycles. The van der Waals surface area contributed by atoms with Gasteiger partial charge in [-0.15, -0.1) is 0 Å². The highest BCUT2D eigenvalue weighted by atomic mass is 35.5. The van der Waals surface area contributed by atoms with Gasteiger partial charge >= 0.3 is 0 Å². The van der Waals surface area contributed by atoms with Gasteiger partial charge in [-0.05, 0) is 37.0 Å². The van der Waals surface area contributed by atoms with Crippen molar-refractivity contribution in [2.45, 2.75) is 46.0 Å². The molecule has 0 amide bonds. The summed E-state index contributed by atoms with van der Waals surface area (Å²) in [7, 11) is 0. The summed E-state index contributed by atoms with van der Waals surface area (Å²) in [6.45, 7) is 4.31. The summed E-state index contributed by atoms with van der Waals surface area (Å²) in [6.07, 6.45) is 4.11. The predicted molar refractivity (Wildman–Crippen MR) is 95.8 cm³/mol. The number of unbranched alkanes of at least 4 members (excludes halogenated alkanes) is 2. The second-order valence-corrected chi connectivity index (χ2v) is 6.32. The zero-order valence-electron chi connectivity index (χ0n) is 14.5. The number of hydrogen-bond donors (Lipinski definition) is 0. The van der Waals surface area contributed by atoms with Crippen molar-refractivity contribution in [1.29, 1.82) is 0 Å². The molecule has 0 spiro atoms. The number of hydrogen-bond acceptors (Lipinski definition) is 1. The van der Waals surface area contributed by atoms with Gasteiger partial charge in [-0.3, -0.25) is 0 Å². The summed E-state index contributed by atoms with van der Waals surface area (Å²) >= 11 is 6.08. The van der Waals surface area contributed by atoms with Gasteiger partial charge in [0.2, 0.25) is 5.82 Å². The molecule has 0 radical (unpaired) electrons. The molecule has 0 bridgehead atoms. The van der Waals surface area contributed by atoms with Crippen LogP contribution in [0.5, 0.6) is 5.75 Å². The van der Waals surface area contributed by atoms with Crippen molar-refractivity contribution in [1.82, 2.24) is 0 Å². The van der Waals surface area contributed by atoms with Crippen LogP contribution >= 0.6 is 11.6 Å². The molecular formula is C20H22ClF3O. The smallest absolute Gasteiger partial charge is 0.201 e. The molecule has 0 fully saturated rings. The fourth-order valence-electron chi connectivity index (χ4n) is 2.54. The SMILES string of the molecule is CCCCOc1ccc(-c2ccc(CCCC)c(Cl)c2F)c(F)c1F. The van der Waals surface area contributed by atoms with Crippen LogP contribution in [0, 0.1) is 17.5 Å². The van der Waals surface area contributed by atoms with Gasteiger partial charge in [-0.2, -0.15) is 4.39 Å². The summed E-state index contributed by atoms with van der Waals surface area (Å²) in [5, 5.41) is -0.0333. The van der Waals surface area contributed by atoms with Crippen LogP contribution in [0.25, 0.3) is 11.1 Å². The highest BCUT2D eigenvalue weighted by Crippen LogP contribution is 2.35. The molecule has 0 unspecified atom stereocenters. The Morgan fingerprint density at radius 2 is 1.48 bits per heavy atom. The summed E-state index contributed by atoms with van der Waals surface area (Å²) in [6, 6.07) is 5.75. The van der Waals surface area contributed by atoms with Crippen LogP contribution in [0.2, 0.25) is 5.02 Å². The van der Waals surface area contributed by atoms with Crippen LogP contribution < -0.4 is 4.74 Å². The van der Waals surface area contributed by atoms with Gasteiger partial charge in [0, 0.05) is 11.1 Å². The monoisotopic (exact) mass is 370 g/mol. The zero-order valence-corrected chi connectivity index (χ0v) is 15.2. The maximum atomic E-state index is 14.6. The van der Waals surface area contributed by atoms with Crippen LogP contribution in [0.4, 0.5) is 13.2 Å². The molecule has 0 N–H and O–H groups in total. The van der Waals surface area contributed by atoms with Gasteiger partial charge in [0.1, 0.15) is 5.82 Å². The average Bonchev–Trinajstić information content (AvgIpc) is 2.61. The first kappa shape index (κ1) is 19.6. The minimum atomic E-state index is -1.13. The zero-order chi connectivity index (χ0) is 18.4. The summed E-state index contributed by atoms with van der Waals surface area (Å²) in [4.78, 5) is 0. The molecule has 25 heavy (non-hydrogen) atoms. The largest absolute Gasteiger partial charge is 0.490 e. The fourth-order valence-corrected chi connectivity index (χ4v) is 2.79. The Kier molecular flexibility index (Phi) is 7.18. The maximum Gasteiger partial charge on any atom is 0.201 e. The Bertz CT molecular complexity index is 731. The molecule has 1 nitrogen and oxygen atoms in total. The molecule has 0 aliphatic rings. The van der Waals surface area contributed by atoms with Crippen molar-refractivity contribution >= 4 is 11.6 Å². The van der Waals surface area contributed by atoms with E-state index in [9.17, 15) is 13.2 Å². The van der Waals surface area contributed by atoms with Crippen molar-refractivity contribution < 1.29 is 17.9 Å². The molecular weight excluding hydrogens is 349 g/mol. The second kappa shape index (κ2) is 9.14. The van der Waals surface area contributed by atoms with E-state index >= 15 is 0 Å². The number of ether oxygens (including phenoxy) is 1. The highest BCUT2D eigenvalue weighted by Gasteiger charge is 2.20. The van der Waals surface area contributed by atoms with Crippen molar-refractivity contribution in [2.75, 3.05) is 6.61 Å². The average molecular weight is 371 g/mol. The number of benzene rings is 2. The molecule has 0 aliphatic carbocycles. The van der Waals surface area contributed by atoms with Gasteiger partial charge in [-0.1, -0.05) is 50.4 Å². The number of aryl methyl sites for hydroxylation is 1.